The molecule has 0 bridgehead atoms. The number of hydrogen-bond donors (Lipinski definition) is 2. The molecule has 0 aliphatic carbocycles. The van der Waals surface area contributed by atoms with E-state index in [1.165, 1.54) is 6.08 Å². The minimum absolute atomic E-state index is 0.132. The number of carbonyl (C=O) groups excluding carboxylic acids is 1. The van der Waals surface area contributed by atoms with Crippen LogP contribution in [0.4, 0.5) is 17.2 Å². The topological polar surface area (TPSA) is 112 Å². The average Bonchev–Trinajstić information content (AvgIpc) is 2.93. The second-order valence-electron chi connectivity index (χ2n) is 8.97. The Bertz CT molecular complexity index is 1570. The largest absolute Gasteiger partial charge is 0.494 e. The maximum Gasteiger partial charge on any atom is 0.249 e. The number of anilines is 3. The number of pyridine rings is 2. The lowest BCUT2D eigenvalue weighted by molar-refractivity contribution is -0.111. The van der Waals surface area contributed by atoms with Crippen molar-refractivity contribution >= 4 is 45.6 Å². The molecule has 0 aliphatic rings. The van der Waals surface area contributed by atoms with Crippen LogP contribution in [0.15, 0.2) is 72.9 Å². The minimum Gasteiger partial charge on any atom is -0.494 e. The molecule has 0 saturated heterocycles. The van der Waals surface area contributed by atoms with Crippen molar-refractivity contribution in [1.82, 2.24) is 14.9 Å². The zero-order valence-electron chi connectivity index (χ0n) is 22.4. The van der Waals surface area contributed by atoms with Crippen molar-refractivity contribution in [3.05, 3.63) is 89.2 Å². The number of amides is 1. The van der Waals surface area contributed by atoms with Gasteiger partial charge in [-0.2, -0.15) is 5.26 Å². The fraction of sp³-hybridized carbons (Fsp3) is 0.200. The van der Waals surface area contributed by atoms with E-state index in [2.05, 4.69) is 26.7 Å². The van der Waals surface area contributed by atoms with E-state index < -0.39 is 5.91 Å². The number of rotatable bonds is 11. The van der Waals surface area contributed by atoms with Crippen molar-refractivity contribution in [1.29, 1.82) is 5.26 Å². The zero-order valence-corrected chi connectivity index (χ0v) is 23.2. The van der Waals surface area contributed by atoms with Gasteiger partial charge >= 0.3 is 0 Å². The first-order chi connectivity index (χ1) is 19.4. The maximum atomic E-state index is 12.6. The van der Waals surface area contributed by atoms with E-state index in [0.717, 1.165) is 5.69 Å². The Morgan fingerprint density at radius 1 is 1.15 bits per heavy atom. The van der Waals surface area contributed by atoms with Crippen molar-refractivity contribution in [2.45, 2.75) is 13.5 Å². The molecule has 0 saturated carbocycles. The highest BCUT2D eigenvalue weighted by Crippen LogP contribution is 2.36. The summed E-state index contributed by atoms with van der Waals surface area (Å²) < 4.78 is 11.5. The molecular weight excluding hydrogens is 528 g/mol. The molecule has 2 aromatic heterocycles. The van der Waals surface area contributed by atoms with Crippen LogP contribution in [-0.2, 0) is 11.4 Å². The standard InChI is InChI=1S/C30H29ClN6O3/c1-4-39-22-11-12-23-26(17-22)35-30(36-28(38)9-7-15-37(2)3)24(18-32)29(23)34-20-10-13-27(25(31)16-20)40-19-21-8-5-6-14-33-21/h5-14,16-17H,4,15,19H2,1-3H3,(H2,34,35,36,38)/b9-7+. The lowest BCUT2D eigenvalue weighted by Crippen LogP contribution is -2.14. The Morgan fingerprint density at radius 3 is 2.70 bits per heavy atom. The number of nitriles is 1. The summed E-state index contributed by atoms with van der Waals surface area (Å²) in [4.78, 5) is 23.4. The second kappa shape index (κ2) is 13.4. The Kier molecular flexibility index (Phi) is 9.52. The Morgan fingerprint density at radius 2 is 2.00 bits per heavy atom. The third-order valence-electron chi connectivity index (χ3n) is 5.66. The van der Waals surface area contributed by atoms with Gasteiger partial charge in [-0.3, -0.25) is 9.78 Å². The molecule has 2 heterocycles. The fourth-order valence-corrected chi connectivity index (χ4v) is 4.07. The monoisotopic (exact) mass is 556 g/mol. The van der Waals surface area contributed by atoms with Crippen LogP contribution in [0, 0.1) is 11.3 Å². The molecule has 4 rings (SSSR count). The molecule has 2 N–H and O–H groups in total. The van der Waals surface area contributed by atoms with Gasteiger partial charge < -0.3 is 25.0 Å². The molecule has 0 spiro atoms. The number of ether oxygens (including phenoxy) is 2. The van der Waals surface area contributed by atoms with E-state index >= 15 is 0 Å². The van der Waals surface area contributed by atoms with Crippen molar-refractivity contribution < 1.29 is 14.3 Å². The molecule has 10 heteroatoms. The Balaban J connectivity index is 1.67. The molecule has 40 heavy (non-hydrogen) atoms. The smallest absolute Gasteiger partial charge is 0.249 e. The van der Waals surface area contributed by atoms with Crippen LogP contribution in [0.2, 0.25) is 5.02 Å². The van der Waals surface area contributed by atoms with Gasteiger partial charge in [0, 0.05) is 36.0 Å². The molecule has 0 unspecified atom stereocenters. The van der Waals surface area contributed by atoms with Gasteiger partial charge in [-0.05, 0) is 63.5 Å². The summed E-state index contributed by atoms with van der Waals surface area (Å²) in [6.45, 7) is 3.24. The van der Waals surface area contributed by atoms with Crippen molar-refractivity contribution in [2.75, 3.05) is 37.9 Å². The van der Waals surface area contributed by atoms with E-state index in [4.69, 9.17) is 21.1 Å². The van der Waals surface area contributed by atoms with E-state index in [0.29, 0.717) is 52.0 Å². The predicted molar refractivity (Wildman–Crippen MR) is 157 cm³/mol. The molecule has 204 valence electrons. The molecule has 0 fully saturated rings. The first-order valence-electron chi connectivity index (χ1n) is 12.6. The quantitative estimate of drug-likeness (QED) is 0.218. The molecular formula is C30H29ClN6O3. The van der Waals surface area contributed by atoms with E-state index in [-0.39, 0.29) is 18.0 Å². The zero-order chi connectivity index (χ0) is 28.5. The van der Waals surface area contributed by atoms with Crippen LogP contribution in [0.3, 0.4) is 0 Å². The summed E-state index contributed by atoms with van der Waals surface area (Å²) in [5.74, 6) is 0.858. The van der Waals surface area contributed by atoms with Gasteiger partial charge in [0.15, 0.2) is 5.82 Å². The molecule has 0 atom stereocenters. The number of benzene rings is 2. The van der Waals surface area contributed by atoms with Gasteiger partial charge in [0.1, 0.15) is 29.7 Å². The van der Waals surface area contributed by atoms with E-state index in [1.54, 1.807) is 36.5 Å². The van der Waals surface area contributed by atoms with E-state index in [9.17, 15) is 10.1 Å². The van der Waals surface area contributed by atoms with Crippen LogP contribution in [0.25, 0.3) is 10.9 Å². The number of halogens is 1. The highest BCUT2D eigenvalue weighted by atomic mass is 35.5. The van der Waals surface area contributed by atoms with Gasteiger partial charge in [0.25, 0.3) is 0 Å². The van der Waals surface area contributed by atoms with Gasteiger partial charge in [0.2, 0.25) is 5.91 Å². The molecule has 1 amide bonds. The number of carbonyl (C=O) groups is 1. The highest BCUT2D eigenvalue weighted by molar-refractivity contribution is 6.32. The number of hydrogen-bond acceptors (Lipinski definition) is 8. The normalized spacial score (nSPS) is 11.0. The number of nitrogens with zero attached hydrogens (tertiary/aromatic N) is 4. The van der Waals surface area contributed by atoms with Gasteiger partial charge in [-0.25, -0.2) is 4.98 Å². The number of aromatic nitrogens is 2. The van der Waals surface area contributed by atoms with E-state index in [1.807, 2.05) is 56.3 Å². The van der Waals surface area contributed by atoms with Gasteiger partial charge in [-0.15, -0.1) is 0 Å². The maximum absolute atomic E-state index is 12.6. The van der Waals surface area contributed by atoms with Crippen molar-refractivity contribution in [2.24, 2.45) is 0 Å². The third kappa shape index (κ3) is 7.26. The third-order valence-corrected chi connectivity index (χ3v) is 5.96. The lowest BCUT2D eigenvalue weighted by atomic mass is 10.1. The number of fused-ring (bicyclic) bond motifs is 1. The number of nitrogens with one attached hydrogen (secondary N) is 2. The first-order valence-corrected chi connectivity index (χ1v) is 13.0. The summed E-state index contributed by atoms with van der Waals surface area (Å²) in [6.07, 6.45) is 4.85. The van der Waals surface area contributed by atoms with Gasteiger partial charge in [-0.1, -0.05) is 23.7 Å². The molecule has 0 aliphatic heterocycles. The summed E-state index contributed by atoms with van der Waals surface area (Å²) in [5.41, 5.74) is 2.59. The van der Waals surface area contributed by atoms with Crippen LogP contribution in [-0.4, -0.2) is 48.0 Å². The Labute approximate surface area is 238 Å². The lowest BCUT2D eigenvalue weighted by Gasteiger charge is -2.16. The molecule has 9 nitrogen and oxygen atoms in total. The molecule has 0 radical (unpaired) electrons. The highest BCUT2D eigenvalue weighted by Gasteiger charge is 2.18. The van der Waals surface area contributed by atoms with Crippen molar-refractivity contribution in [3.63, 3.8) is 0 Å². The first kappa shape index (κ1) is 28.4. The number of likely N-dealkylation sites (N-methyl/N-ethyl adjacent to an activating group) is 1. The summed E-state index contributed by atoms with van der Waals surface area (Å²) in [5, 5.41) is 17.2. The summed E-state index contributed by atoms with van der Waals surface area (Å²) in [6, 6.07) is 18.4. The second-order valence-corrected chi connectivity index (χ2v) is 9.38. The summed E-state index contributed by atoms with van der Waals surface area (Å²) >= 11 is 6.53. The van der Waals surface area contributed by atoms with Crippen molar-refractivity contribution in [3.8, 4) is 17.6 Å². The SMILES string of the molecule is CCOc1ccc2c(Nc3ccc(OCc4ccccn4)c(Cl)c3)c(C#N)c(NC(=O)/C=C/CN(C)C)nc2c1. The van der Waals surface area contributed by atoms with Crippen LogP contribution in [0.5, 0.6) is 11.5 Å². The summed E-state index contributed by atoms with van der Waals surface area (Å²) in [7, 11) is 3.81. The molecule has 4 aromatic rings. The fourth-order valence-electron chi connectivity index (χ4n) is 3.83. The van der Waals surface area contributed by atoms with Crippen LogP contribution >= 0.6 is 11.6 Å². The average molecular weight is 557 g/mol. The Hall–Kier alpha value is -4.65. The predicted octanol–water partition coefficient (Wildman–Crippen LogP) is 5.93. The minimum atomic E-state index is -0.394. The van der Waals surface area contributed by atoms with Crippen LogP contribution < -0.4 is 20.1 Å². The van der Waals surface area contributed by atoms with Gasteiger partial charge in [0.05, 0.1) is 28.5 Å². The molecule has 2 aromatic carbocycles. The van der Waals surface area contributed by atoms with Crippen LogP contribution in [0.1, 0.15) is 18.2 Å².